The van der Waals surface area contributed by atoms with Crippen LogP contribution in [-0.4, -0.2) is 34.8 Å². The first-order valence-corrected chi connectivity index (χ1v) is 7.70. The highest BCUT2D eigenvalue weighted by atomic mass is 16.5. The summed E-state index contributed by atoms with van der Waals surface area (Å²) in [7, 11) is 0. The summed E-state index contributed by atoms with van der Waals surface area (Å²) >= 11 is 0. The first kappa shape index (κ1) is 18.1. The van der Waals surface area contributed by atoms with Crippen LogP contribution >= 0.6 is 0 Å². The molecule has 0 aliphatic rings. The molecule has 0 saturated heterocycles. The van der Waals surface area contributed by atoms with Gasteiger partial charge in [0.25, 0.3) is 0 Å². The van der Waals surface area contributed by atoms with E-state index in [1.807, 2.05) is 10.9 Å². The Morgan fingerprint density at radius 3 is 2.33 bits per heavy atom. The third-order valence-corrected chi connectivity index (χ3v) is 2.83. The maximum absolute atomic E-state index is 5.63. The molecule has 1 heterocycles. The second-order valence-electron chi connectivity index (χ2n) is 7.95. The molecule has 0 unspecified atom stereocenters. The number of hydrogen-bond acceptors (Lipinski definition) is 4. The van der Waals surface area contributed by atoms with Gasteiger partial charge in [-0.3, -0.25) is 0 Å². The molecule has 5 nitrogen and oxygen atoms in total. The van der Waals surface area contributed by atoms with Crippen molar-refractivity contribution in [3.8, 4) is 0 Å². The lowest BCUT2D eigenvalue weighted by molar-refractivity contribution is 0.0643. The molecule has 0 bridgehead atoms. The van der Waals surface area contributed by atoms with Crippen LogP contribution in [0.1, 0.15) is 53.7 Å². The summed E-state index contributed by atoms with van der Waals surface area (Å²) < 4.78 is 13.1. The average molecular weight is 297 g/mol. The third-order valence-electron chi connectivity index (χ3n) is 2.83. The quantitative estimate of drug-likeness (QED) is 0.691. The van der Waals surface area contributed by atoms with Gasteiger partial charge in [0.15, 0.2) is 0 Å². The Kier molecular flexibility index (Phi) is 6.81. The van der Waals surface area contributed by atoms with Gasteiger partial charge in [0.05, 0.1) is 32.6 Å². The molecule has 0 N–H and O–H groups in total. The molecule has 1 rings (SSSR count). The van der Waals surface area contributed by atoms with Crippen molar-refractivity contribution in [2.24, 2.45) is 10.8 Å². The summed E-state index contributed by atoms with van der Waals surface area (Å²) in [5.41, 5.74) is 1.39. The second kappa shape index (κ2) is 7.90. The van der Waals surface area contributed by atoms with E-state index in [2.05, 4.69) is 51.9 Å². The largest absolute Gasteiger partial charge is 0.379 e. The van der Waals surface area contributed by atoms with Crippen molar-refractivity contribution >= 4 is 0 Å². The molecule has 0 radical (unpaired) electrons. The molecule has 21 heavy (non-hydrogen) atoms. The third kappa shape index (κ3) is 9.58. The fourth-order valence-electron chi connectivity index (χ4n) is 1.61. The molecule has 5 heteroatoms. The molecule has 0 spiro atoms. The Labute approximate surface area is 129 Å². The van der Waals surface area contributed by atoms with Gasteiger partial charge in [-0.2, -0.15) is 0 Å². The highest BCUT2D eigenvalue weighted by Crippen LogP contribution is 2.18. The monoisotopic (exact) mass is 297 g/mol. The number of hydrogen-bond donors (Lipinski definition) is 0. The van der Waals surface area contributed by atoms with Crippen molar-refractivity contribution in [3.05, 3.63) is 11.9 Å². The number of aromatic nitrogens is 3. The lowest BCUT2D eigenvalue weighted by atomic mass is 9.93. The topological polar surface area (TPSA) is 49.2 Å². The predicted octanol–water partition coefficient (Wildman–Crippen LogP) is 3.29. The average Bonchev–Trinajstić information content (AvgIpc) is 2.76. The minimum Gasteiger partial charge on any atom is -0.379 e. The van der Waals surface area contributed by atoms with E-state index in [0.717, 1.165) is 31.9 Å². The van der Waals surface area contributed by atoms with E-state index in [-0.39, 0.29) is 5.41 Å². The normalized spacial score (nSPS) is 12.9. The van der Waals surface area contributed by atoms with Crippen molar-refractivity contribution in [2.45, 2.75) is 61.1 Å². The van der Waals surface area contributed by atoms with Crippen LogP contribution < -0.4 is 0 Å². The summed E-state index contributed by atoms with van der Waals surface area (Å²) in [6.07, 6.45) is 2.97. The molecule has 0 aromatic carbocycles. The van der Waals surface area contributed by atoms with Crippen molar-refractivity contribution in [1.82, 2.24) is 15.0 Å². The van der Waals surface area contributed by atoms with E-state index in [0.29, 0.717) is 18.6 Å². The molecular weight excluding hydrogens is 266 g/mol. The maximum atomic E-state index is 5.63. The lowest BCUT2D eigenvalue weighted by Crippen LogP contribution is -2.17. The van der Waals surface area contributed by atoms with Gasteiger partial charge in [-0.1, -0.05) is 46.8 Å². The minimum atomic E-state index is 0.203. The van der Waals surface area contributed by atoms with Gasteiger partial charge in [0.1, 0.15) is 5.69 Å². The first-order chi connectivity index (χ1) is 9.66. The fraction of sp³-hybridized carbons (Fsp3) is 0.875. The van der Waals surface area contributed by atoms with Crippen LogP contribution in [0, 0.1) is 10.8 Å². The van der Waals surface area contributed by atoms with E-state index in [1.54, 1.807) is 0 Å². The van der Waals surface area contributed by atoms with Crippen molar-refractivity contribution in [1.29, 1.82) is 0 Å². The van der Waals surface area contributed by atoms with Gasteiger partial charge in [0, 0.05) is 6.61 Å². The Balaban J connectivity index is 2.18. The van der Waals surface area contributed by atoms with Gasteiger partial charge in [0.2, 0.25) is 0 Å². The summed E-state index contributed by atoms with van der Waals surface area (Å²) in [5, 5.41) is 8.19. The van der Waals surface area contributed by atoms with Gasteiger partial charge >= 0.3 is 0 Å². The molecular formula is C16H31N3O2. The molecule has 0 saturated carbocycles. The number of ether oxygens (including phenoxy) is 2. The van der Waals surface area contributed by atoms with Crippen molar-refractivity contribution < 1.29 is 9.47 Å². The van der Waals surface area contributed by atoms with Crippen LogP contribution in [0.4, 0.5) is 0 Å². The molecule has 1 aromatic rings. The highest BCUT2D eigenvalue weighted by molar-refractivity contribution is 4.89. The lowest BCUT2D eigenvalue weighted by Gasteiger charge is -2.17. The van der Waals surface area contributed by atoms with Gasteiger partial charge in [-0.25, -0.2) is 4.68 Å². The van der Waals surface area contributed by atoms with Gasteiger partial charge < -0.3 is 9.47 Å². The Morgan fingerprint density at radius 1 is 1.00 bits per heavy atom. The Morgan fingerprint density at radius 2 is 1.71 bits per heavy atom. The van der Waals surface area contributed by atoms with E-state index >= 15 is 0 Å². The molecule has 0 aliphatic carbocycles. The van der Waals surface area contributed by atoms with E-state index in [9.17, 15) is 0 Å². The van der Waals surface area contributed by atoms with E-state index in [4.69, 9.17) is 9.47 Å². The van der Waals surface area contributed by atoms with Crippen LogP contribution in [0.3, 0.4) is 0 Å². The van der Waals surface area contributed by atoms with Crippen molar-refractivity contribution in [3.63, 3.8) is 0 Å². The molecule has 0 fully saturated rings. The molecule has 0 aliphatic heterocycles. The maximum Gasteiger partial charge on any atom is 0.108 e. The van der Waals surface area contributed by atoms with E-state index < -0.39 is 0 Å². The molecule has 122 valence electrons. The minimum absolute atomic E-state index is 0.203. The van der Waals surface area contributed by atoms with Crippen LogP contribution in [-0.2, 0) is 22.6 Å². The molecule has 0 atom stereocenters. The van der Waals surface area contributed by atoms with Crippen LogP contribution in [0.5, 0.6) is 0 Å². The zero-order chi connectivity index (χ0) is 15.9. The standard InChI is InChI=1S/C16H31N3O2/c1-15(2,3)7-9-20-12-14-11-19(18-17-14)8-10-21-13-16(4,5)6/h11H,7-10,12-13H2,1-6H3. The summed E-state index contributed by atoms with van der Waals surface area (Å²) in [5.74, 6) is 0. The first-order valence-electron chi connectivity index (χ1n) is 7.70. The highest BCUT2D eigenvalue weighted by Gasteiger charge is 2.11. The van der Waals surface area contributed by atoms with Crippen LogP contribution in [0.25, 0.3) is 0 Å². The van der Waals surface area contributed by atoms with Gasteiger partial charge in [-0.15, -0.1) is 5.10 Å². The van der Waals surface area contributed by atoms with Crippen LogP contribution in [0.15, 0.2) is 6.20 Å². The van der Waals surface area contributed by atoms with E-state index in [1.165, 1.54) is 0 Å². The molecule has 0 amide bonds. The SMILES string of the molecule is CC(C)(C)CCOCc1cn(CCOCC(C)(C)C)nn1. The van der Waals surface area contributed by atoms with Crippen LogP contribution in [0.2, 0.25) is 0 Å². The number of nitrogens with zero attached hydrogens (tertiary/aromatic N) is 3. The Bertz CT molecular complexity index is 366. The summed E-state index contributed by atoms with van der Waals surface area (Å²) in [4.78, 5) is 0. The molecule has 1 aromatic heterocycles. The fourth-order valence-corrected chi connectivity index (χ4v) is 1.61. The Hall–Kier alpha value is -0.940. The van der Waals surface area contributed by atoms with Crippen molar-refractivity contribution in [2.75, 3.05) is 19.8 Å². The smallest absolute Gasteiger partial charge is 0.108 e. The summed E-state index contributed by atoms with van der Waals surface area (Å²) in [6, 6.07) is 0. The zero-order valence-electron chi connectivity index (χ0n) is 14.5. The zero-order valence-corrected chi connectivity index (χ0v) is 14.5. The van der Waals surface area contributed by atoms with Gasteiger partial charge in [-0.05, 0) is 17.3 Å². The number of rotatable bonds is 8. The second-order valence-corrected chi connectivity index (χ2v) is 7.95. The predicted molar refractivity (Wildman–Crippen MR) is 84.0 cm³/mol. The summed E-state index contributed by atoms with van der Waals surface area (Å²) in [6.45, 7) is 16.5.